The molecule has 11 heavy (non-hydrogen) atoms. The first-order valence-electron chi connectivity index (χ1n) is 3.38. The van der Waals surface area contributed by atoms with Crippen molar-refractivity contribution < 1.29 is 9.50 Å². The van der Waals surface area contributed by atoms with Crippen LogP contribution in [0.15, 0.2) is 6.20 Å². The van der Waals surface area contributed by atoms with Crippen molar-refractivity contribution in [1.82, 2.24) is 15.0 Å². The van der Waals surface area contributed by atoms with Gasteiger partial charge in [-0.2, -0.15) is 0 Å². The molecule has 0 aliphatic carbocycles. The number of rotatable bonds is 3. The van der Waals surface area contributed by atoms with Gasteiger partial charge in [-0.3, -0.25) is 0 Å². The average Bonchev–Trinajstić information content (AvgIpc) is 2.36. The van der Waals surface area contributed by atoms with Crippen molar-refractivity contribution in [2.75, 3.05) is 6.67 Å². The zero-order valence-corrected chi connectivity index (χ0v) is 6.24. The molecule has 0 aliphatic heterocycles. The van der Waals surface area contributed by atoms with Gasteiger partial charge in [0.2, 0.25) is 0 Å². The van der Waals surface area contributed by atoms with Gasteiger partial charge in [-0.05, 0) is 6.92 Å². The molecule has 0 aromatic carbocycles. The molecule has 0 amide bonds. The molecular weight excluding hydrogens is 149 g/mol. The van der Waals surface area contributed by atoms with E-state index in [2.05, 4.69) is 10.3 Å². The molecule has 0 fully saturated rings. The number of aliphatic hydroxyl groups is 1. The molecule has 1 heterocycles. The van der Waals surface area contributed by atoms with E-state index in [4.69, 9.17) is 5.11 Å². The van der Waals surface area contributed by atoms with Crippen LogP contribution in [0.5, 0.6) is 0 Å². The first kappa shape index (κ1) is 8.13. The maximum Gasteiger partial charge on any atom is 0.109 e. The molecule has 4 nitrogen and oxygen atoms in total. The van der Waals surface area contributed by atoms with Crippen LogP contribution in [-0.4, -0.2) is 26.8 Å². The van der Waals surface area contributed by atoms with E-state index in [-0.39, 0.29) is 6.54 Å². The fourth-order valence-corrected chi connectivity index (χ4v) is 0.843. The molecule has 1 atom stereocenters. The molecule has 0 aliphatic rings. The van der Waals surface area contributed by atoms with E-state index in [1.165, 1.54) is 10.9 Å². The predicted molar refractivity (Wildman–Crippen MR) is 36.6 cm³/mol. The fraction of sp³-hybridized carbons (Fsp3) is 0.667. The summed E-state index contributed by atoms with van der Waals surface area (Å²) >= 11 is 0. The van der Waals surface area contributed by atoms with Gasteiger partial charge in [-0.15, -0.1) is 5.10 Å². The molecule has 62 valence electrons. The standard InChI is InChI=1S/C6H10FN3O/c1-5(11)6-4-8-9-10(6)3-2-7/h4-5,11H,2-3H2,1H3. The second-order valence-electron chi connectivity index (χ2n) is 2.25. The third-order valence-corrected chi connectivity index (χ3v) is 1.37. The molecule has 0 saturated carbocycles. The third kappa shape index (κ3) is 1.74. The van der Waals surface area contributed by atoms with Gasteiger partial charge in [0, 0.05) is 0 Å². The van der Waals surface area contributed by atoms with E-state index in [0.717, 1.165) is 0 Å². The quantitative estimate of drug-likeness (QED) is 0.690. The summed E-state index contributed by atoms with van der Waals surface area (Å²) < 4.78 is 13.2. The highest BCUT2D eigenvalue weighted by molar-refractivity contribution is 4.96. The van der Waals surface area contributed by atoms with Crippen LogP contribution in [0.2, 0.25) is 0 Å². The lowest BCUT2D eigenvalue weighted by molar-refractivity contribution is 0.185. The van der Waals surface area contributed by atoms with Crippen molar-refractivity contribution in [2.24, 2.45) is 0 Å². The number of alkyl halides is 1. The van der Waals surface area contributed by atoms with Crippen molar-refractivity contribution in [3.8, 4) is 0 Å². The van der Waals surface area contributed by atoms with E-state index >= 15 is 0 Å². The average molecular weight is 159 g/mol. The van der Waals surface area contributed by atoms with Gasteiger partial charge in [0.25, 0.3) is 0 Å². The highest BCUT2D eigenvalue weighted by Crippen LogP contribution is 2.08. The minimum absolute atomic E-state index is 0.153. The Balaban J connectivity index is 2.78. The molecule has 0 saturated heterocycles. The summed E-state index contributed by atoms with van der Waals surface area (Å²) in [4.78, 5) is 0. The van der Waals surface area contributed by atoms with Gasteiger partial charge in [0.1, 0.15) is 6.67 Å². The van der Waals surface area contributed by atoms with Crippen molar-refractivity contribution >= 4 is 0 Å². The van der Waals surface area contributed by atoms with Crippen LogP contribution in [0.1, 0.15) is 18.7 Å². The van der Waals surface area contributed by atoms with Crippen molar-refractivity contribution in [2.45, 2.75) is 19.6 Å². The number of aromatic nitrogens is 3. The Morgan fingerprint density at radius 1 is 1.82 bits per heavy atom. The van der Waals surface area contributed by atoms with Gasteiger partial charge in [-0.1, -0.05) is 5.21 Å². The highest BCUT2D eigenvalue weighted by atomic mass is 19.1. The fourth-order valence-electron chi connectivity index (χ4n) is 0.843. The molecule has 1 N–H and O–H groups in total. The van der Waals surface area contributed by atoms with Crippen LogP contribution in [0.4, 0.5) is 4.39 Å². The van der Waals surface area contributed by atoms with E-state index in [1.807, 2.05) is 0 Å². The van der Waals surface area contributed by atoms with Crippen molar-refractivity contribution in [3.63, 3.8) is 0 Å². The van der Waals surface area contributed by atoms with Crippen LogP contribution in [0, 0.1) is 0 Å². The summed E-state index contributed by atoms with van der Waals surface area (Å²) in [6, 6.07) is 0. The van der Waals surface area contributed by atoms with Gasteiger partial charge in [-0.25, -0.2) is 9.07 Å². The topological polar surface area (TPSA) is 50.9 Å². The van der Waals surface area contributed by atoms with Crippen LogP contribution >= 0.6 is 0 Å². The summed E-state index contributed by atoms with van der Waals surface area (Å²) in [5.41, 5.74) is 0.544. The van der Waals surface area contributed by atoms with Gasteiger partial charge in [0.15, 0.2) is 0 Å². The number of aliphatic hydroxyl groups excluding tert-OH is 1. The van der Waals surface area contributed by atoms with Crippen LogP contribution < -0.4 is 0 Å². The van der Waals surface area contributed by atoms with E-state index in [9.17, 15) is 4.39 Å². The number of aryl methyl sites for hydroxylation is 1. The summed E-state index contributed by atoms with van der Waals surface area (Å²) in [7, 11) is 0. The first-order chi connectivity index (χ1) is 5.25. The van der Waals surface area contributed by atoms with Gasteiger partial charge in [0.05, 0.1) is 24.5 Å². The third-order valence-electron chi connectivity index (χ3n) is 1.37. The van der Waals surface area contributed by atoms with Crippen LogP contribution in [-0.2, 0) is 6.54 Å². The van der Waals surface area contributed by atoms with E-state index < -0.39 is 12.8 Å². The lowest BCUT2D eigenvalue weighted by Gasteiger charge is -2.04. The SMILES string of the molecule is CC(O)c1cnnn1CCF. The Labute approximate surface area is 63.6 Å². The highest BCUT2D eigenvalue weighted by Gasteiger charge is 2.07. The number of nitrogens with zero attached hydrogens (tertiary/aromatic N) is 3. The maximum atomic E-state index is 11.8. The Morgan fingerprint density at radius 2 is 2.55 bits per heavy atom. The van der Waals surface area contributed by atoms with Gasteiger partial charge >= 0.3 is 0 Å². The molecule has 0 bridgehead atoms. The summed E-state index contributed by atoms with van der Waals surface area (Å²) in [5.74, 6) is 0. The second kappa shape index (κ2) is 3.43. The number of halogens is 1. The normalized spacial score (nSPS) is 13.4. The molecule has 1 unspecified atom stereocenters. The molecular formula is C6H10FN3O. The number of hydrogen-bond acceptors (Lipinski definition) is 3. The molecule has 1 rings (SSSR count). The Kier molecular flexibility index (Phi) is 2.53. The summed E-state index contributed by atoms with van der Waals surface area (Å²) in [6.07, 6.45) is 0.789. The molecule has 1 aromatic heterocycles. The second-order valence-corrected chi connectivity index (χ2v) is 2.25. The van der Waals surface area contributed by atoms with E-state index in [1.54, 1.807) is 6.92 Å². The largest absolute Gasteiger partial charge is 0.387 e. The Bertz CT molecular complexity index is 223. The Morgan fingerprint density at radius 3 is 3.09 bits per heavy atom. The first-order valence-corrected chi connectivity index (χ1v) is 3.38. The summed E-state index contributed by atoms with van der Waals surface area (Å²) in [5, 5.41) is 16.2. The predicted octanol–water partition coefficient (Wildman–Crippen LogP) is 0.301. The maximum absolute atomic E-state index is 11.8. The lowest BCUT2D eigenvalue weighted by Crippen LogP contribution is -2.08. The van der Waals surface area contributed by atoms with Crippen LogP contribution in [0.3, 0.4) is 0 Å². The smallest absolute Gasteiger partial charge is 0.109 e. The minimum atomic E-state index is -0.642. The number of hydrogen-bond donors (Lipinski definition) is 1. The van der Waals surface area contributed by atoms with E-state index in [0.29, 0.717) is 5.69 Å². The molecule has 0 spiro atoms. The zero-order chi connectivity index (χ0) is 8.27. The van der Waals surface area contributed by atoms with Crippen molar-refractivity contribution in [3.05, 3.63) is 11.9 Å². The minimum Gasteiger partial charge on any atom is -0.387 e. The molecule has 5 heteroatoms. The Hall–Kier alpha value is -0.970. The summed E-state index contributed by atoms with van der Waals surface area (Å²) in [6.45, 7) is 1.25. The van der Waals surface area contributed by atoms with Gasteiger partial charge < -0.3 is 5.11 Å². The molecule has 1 aromatic rings. The van der Waals surface area contributed by atoms with Crippen molar-refractivity contribution in [1.29, 1.82) is 0 Å². The zero-order valence-electron chi connectivity index (χ0n) is 6.24. The monoisotopic (exact) mass is 159 g/mol. The molecule has 0 radical (unpaired) electrons. The van der Waals surface area contributed by atoms with Crippen LogP contribution in [0.25, 0.3) is 0 Å². The lowest BCUT2D eigenvalue weighted by atomic mass is 10.3.